The van der Waals surface area contributed by atoms with Gasteiger partial charge in [0, 0.05) is 24.4 Å². The summed E-state index contributed by atoms with van der Waals surface area (Å²) in [6.07, 6.45) is 8.63. The highest BCUT2D eigenvalue weighted by Gasteiger charge is 2.08. The van der Waals surface area contributed by atoms with Gasteiger partial charge in [-0.25, -0.2) is 4.98 Å². The fraction of sp³-hybridized carbons (Fsp3) is 0.769. The topological polar surface area (TPSA) is 43.8 Å². The summed E-state index contributed by atoms with van der Waals surface area (Å²) in [5, 5.41) is 0. The highest BCUT2D eigenvalue weighted by Crippen LogP contribution is 2.18. The first-order chi connectivity index (χ1) is 7.65. The van der Waals surface area contributed by atoms with Crippen LogP contribution in [0.25, 0.3) is 0 Å². The van der Waals surface area contributed by atoms with E-state index in [9.17, 15) is 0 Å². The molecule has 1 atom stereocenters. The van der Waals surface area contributed by atoms with Crippen LogP contribution in [0.4, 0.5) is 0 Å². The fourth-order valence-electron chi connectivity index (χ4n) is 2.03. The summed E-state index contributed by atoms with van der Waals surface area (Å²) in [6, 6.07) is 0.544. The zero-order chi connectivity index (χ0) is 12.0. The normalized spacial score (nSPS) is 13.3. The number of rotatable bonds is 7. The lowest BCUT2D eigenvalue weighted by Gasteiger charge is -2.16. The minimum atomic E-state index is 0.544. The van der Waals surface area contributed by atoms with Crippen molar-refractivity contribution in [3.63, 3.8) is 0 Å². The first-order valence-electron chi connectivity index (χ1n) is 6.36. The van der Waals surface area contributed by atoms with Crippen LogP contribution in [0.2, 0.25) is 0 Å². The van der Waals surface area contributed by atoms with Gasteiger partial charge in [0.15, 0.2) is 0 Å². The molecule has 0 fully saturated rings. The monoisotopic (exact) mass is 223 g/mol. The van der Waals surface area contributed by atoms with E-state index in [4.69, 9.17) is 5.73 Å². The molecule has 0 aliphatic heterocycles. The summed E-state index contributed by atoms with van der Waals surface area (Å²) in [5.74, 6) is 0.804. The molecule has 0 aliphatic rings. The molecule has 0 radical (unpaired) electrons. The van der Waals surface area contributed by atoms with Gasteiger partial charge in [-0.1, -0.05) is 26.7 Å². The Morgan fingerprint density at radius 1 is 1.31 bits per heavy atom. The van der Waals surface area contributed by atoms with Crippen LogP contribution in [0.5, 0.6) is 0 Å². The SMILES string of the molecule is CC(C)CCCC(C)n1cncc1CCN. The molecule has 0 bridgehead atoms. The average Bonchev–Trinajstić information content (AvgIpc) is 2.66. The standard InChI is InChI=1S/C13H25N3/c1-11(2)5-4-6-12(3)16-10-15-9-13(16)7-8-14/h9-12H,4-8,14H2,1-3H3. The van der Waals surface area contributed by atoms with Gasteiger partial charge in [-0.05, 0) is 25.8 Å². The molecule has 0 saturated heterocycles. The van der Waals surface area contributed by atoms with Gasteiger partial charge < -0.3 is 10.3 Å². The molecular formula is C13H25N3. The van der Waals surface area contributed by atoms with Crippen LogP contribution in [0.3, 0.4) is 0 Å². The van der Waals surface area contributed by atoms with Gasteiger partial charge >= 0.3 is 0 Å². The minimum absolute atomic E-state index is 0.544. The second-order valence-corrected chi connectivity index (χ2v) is 5.00. The van der Waals surface area contributed by atoms with Crippen LogP contribution in [0.15, 0.2) is 12.5 Å². The summed E-state index contributed by atoms with van der Waals surface area (Å²) in [6.45, 7) is 7.52. The maximum absolute atomic E-state index is 5.59. The lowest BCUT2D eigenvalue weighted by molar-refractivity contribution is 0.439. The highest BCUT2D eigenvalue weighted by atomic mass is 15.1. The average molecular weight is 223 g/mol. The molecular weight excluding hydrogens is 198 g/mol. The van der Waals surface area contributed by atoms with Crippen molar-refractivity contribution < 1.29 is 0 Å². The van der Waals surface area contributed by atoms with E-state index in [0.29, 0.717) is 12.6 Å². The molecule has 0 spiro atoms. The van der Waals surface area contributed by atoms with Crippen LogP contribution < -0.4 is 5.73 Å². The molecule has 2 N–H and O–H groups in total. The van der Waals surface area contributed by atoms with Gasteiger partial charge in [-0.2, -0.15) is 0 Å². The minimum Gasteiger partial charge on any atom is -0.332 e. The number of hydrogen-bond acceptors (Lipinski definition) is 2. The molecule has 1 aromatic rings. The van der Waals surface area contributed by atoms with E-state index < -0.39 is 0 Å². The molecule has 92 valence electrons. The lowest BCUT2D eigenvalue weighted by atomic mass is 10.0. The van der Waals surface area contributed by atoms with Gasteiger partial charge in [0.2, 0.25) is 0 Å². The van der Waals surface area contributed by atoms with Crippen molar-refractivity contribution in [2.24, 2.45) is 11.7 Å². The summed E-state index contributed by atoms with van der Waals surface area (Å²) in [7, 11) is 0. The predicted octanol–water partition coefficient (Wildman–Crippen LogP) is 2.77. The van der Waals surface area contributed by atoms with Crippen LogP contribution in [0.1, 0.15) is 51.8 Å². The van der Waals surface area contributed by atoms with Gasteiger partial charge in [-0.15, -0.1) is 0 Å². The van der Waals surface area contributed by atoms with Crippen molar-refractivity contribution in [2.75, 3.05) is 6.54 Å². The summed E-state index contributed by atoms with van der Waals surface area (Å²) in [5.41, 5.74) is 6.85. The van der Waals surface area contributed by atoms with Crippen LogP contribution in [-0.2, 0) is 6.42 Å². The van der Waals surface area contributed by atoms with Crippen LogP contribution in [0, 0.1) is 5.92 Å². The largest absolute Gasteiger partial charge is 0.332 e. The zero-order valence-electron chi connectivity index (χ0n) is 10.8. The third kappa shape index (κ3) is 3.97. The Morgan fingerprint density at radius 3 is 2.69 bits per heavy atom. The molecule has 1 unspecified atom stereocenters. The molecule has 3 heteroatoms. The Morgan fingerprint density at radius 2 is 2.06 bits per heavy atom. The third-order valence-electron chi connectivity index (χ3n) is 3.02. The zero-order valence-corrected chi connectivity index (χ0v) is 10.8. The Labute approximate surface area is 99.1 Å². The maximum Gasteiger partial charge on any atom is 0.0950 e. The molecule has 0 aromatic carbocycles. The Bertz CT molecular complexity index is 291. The lowest BCUT2D eigenvalue weighted by Crippen LogP contribution is -2.12. The second kappa shape index (κ2) is 6.69. The predicted molar refractivity (Wildman–Crippen MR) is 68.4 cm³/mol. The van der Waals surface area contributed by atoms with Gasteiger partial charge in [0.1, 0.15) is 0 Å². The number of nitrogens with two attached hydrogens (primary N) is 1. The van der Waals surface area contributed by atoms with Crippen molar-refractivity contribution in [2.45, 2.75) is 52.5 Å². The number of aromatic nitrogens is 2. The Kier molecular flexibility index (Phi) is 5.53. The molecule has 3 nitrogen and oxygen atoms in total. The van der Waals surface area contributed by atoms with Crippen molar-refractivity contribution in [3.8, 4) is 0 Å². The first kappa shape index (κ1) is 13.2. The fourth-order valence-corrected chi connectivity index (χ4v) is 2.03. The Balaban J connectivity index is 2.45. The van der Waals surface area contributed by atoms with Crippen LogP contribution >= 0.6 is 0 Å². The van der Waals surface area contributed by atoms with Gasteiger partial charge in [0.25, 0.3) is 0 Å². The summed E-state index contributed by atoms with van der Waals surface area (Å²) < 4.78 is 2.27. The maximum atomic E-state index is 5.59. The van der Waals surface area contributed by atoms with Crippen LogP contribution in [-0.4, -0.2) is 16.1 Å². The van der Waals surface area contributed by atoms with E-state index in [2.05, 4.69) is 30.3 Å². The summed E-state index contributed by atoms with van der Waals surface area (Å²) >= 11 is 0. The molecule has 0 aliphatic carbocycles. The van der Waals surface area contributed by atoms with Crippen molar-refractivity contribution in [1.82, 2.24) is 9.55 Å². The van der Waals surface area contributed by atoms with Crippen molar-refractivity contribution in [1.29, 1.82) is 0 Å². The van der Waals surface area contributed by atoms with E-state index >= 15 is 0 Å². The van der Waals surface area contributed by atoms with Crippen molar-refractivity contribution >= 4 is 0 Å². The molecule has 0 saturated carbocycles. The van der Waals surface area contributed by atoms with E-state index in [1.54, 1.807) is 0 Å². The second-order valence-electron chi connectivity index (χ2n) is 5.00. The van der Waals surface area contributed by atoms with Gasteiger partial charge in [0.05, 0.1) is 6.33 Å². The quantitative estimate of drug-likeness (QED) is 0.772. The van der Waals surface area contributed by atoms with E-state index in [0.717, 1.165) is 12.3 Å². The smallest absolute Gasteiger partial charge is 0.0950 e. The van der Waals surface area contributed by atoms with E-state index in [-0.39, 0.29) is 0 Å². The van der Waals surface area contributed by atoms with E-state index in [1.807, 2.05) is 12.5 Å². The summed E-state index contributed by atoms with van der Waals surface area (Å²) in [4.78, 5) is 4.21. The van der Waals surface area contributed by atoms with Gasteiger partial charge in [-0.3, -0.25) is 0 Å². The third-order valence-corrected chi connectivity index (χ3v) is 3.02. The molecule has 1 aromatic heterocycles. The Hall–Kier alpha value is -0.830. The molecule has 1 heterocycles. The molecule has 1 rings (SSSR count). The van der Waals surface area contributed by atoms with Crippen molar-refractivity contribution in [3.05, 3.63) is 18.2 Å². The molecule has 16 heavy (non-hydrogen) atoms. The molecule has 0 amide bonds. The number of imidazole rings is 1. The first-order valence-corrected chi connectivity index (χ1v) is 6.36. The van der Waals surface area contributed by atoms with E-state index in [1.165, 1.54) is 25.0 Å². The number of hydrogen-bond donors (Lipinski definition) is 1. The highest BCUT2D eigenvalue weighted by molar-refractivity contribution is 5.00. The number of nitrogens with zero attached hydrogens (tertiary/aromatic N) is 2.